The first-order valence-corrected chi connectivity index (χ1v) is 8.00. The Morgan fingerprint density at radius 3 is 2.57 bits per heavy atom. The van der Waals surface area contributed by atoms with Crippen LogP contribution in [0.3, 0.4) is 0 Å². The van der Waals surface area contributed by atoms with Crippen molar-refractivity contribution in [3.05, 3.63) is 48.6 Å². The zero-order valence-corrected chi connectivity index (χ0v) is 13.5. The number of benzene rings is 1. The highest BCUT2D eigenvalue weighted by Crippen LogP contribution is 2.14. The molecule has 1 saturated heterocycles. The van der Waals surface area contributed by atoms with E-state index in [2.05, 4.69) is 11.9 Å². The van der Waals surface area contributed by atoms with Crippen LogP contribution in [0.4, 0.5) is 4.79 Å². The zero-order chi connectivity index (χ0) is 16.7. The molecule has 1 heterocycles. The zero-order valence-electron chi connectivity index (χ0n) is 13.5. The third kappa shape index (κ3) is 4.84. The van der Waals surface area contributed by atoms with Gasteiger partial charge in [-0.1, -0.05) is 43.3 Å². The molecule has 1 aliphatic heterocycles. The molecule has 0 aromatic heterocycles. The van der Waals surface area contributed by atoms with Crippen LogP contribution >= 0.6 is 0 Å². The molecule has 124 valence electrons. The third-order valence-corrected chi connectivity index (χ3v) is 4.07. The summed E-state index contributed by atoms with van der Waals surface area (Å²) in [5, 5.41) is 2.69. The standard InChI is InChI=1S/C18H24N2O3/c1-3-14(2)16(17(21)20-11-7-8-12-20)19-18(22)23-13-15-9-5-4-6-10-15/h3-6,9-10,14,16H,1,7-8,11-13H2,2H3,(H,19,22)/t14-,16+/m1/s1. The number of nitrogens with one attached hydrogen (secondary N) is 1. The fourth-order valence-corrected chi connectivity index (χ4v) is 2.58. The van der Waals surface area contributed by atoms with E-state index in [1.807, 2.05) is 37.3 Å². The molecule has 5 heteroatoms. The van der Waals surface area contributed by atoms with Gasteiger partial charge in [0.05, 0.1) is 0 Å². The summed E-state index contributed by atoms with van der Waals surface area (Å²) in [6.45, 7) is 7.27. The van der Waals surface area contributed by atoms with Crippen LogP contribution in [0.25, 0.3) is 0 Å². The second kappa shape index (κ2) is 8.36. The van der Waals surface area contributed by atoms with Gasteiger partial charge in [0.2, 0.25) is 5.91 Å². The number of hydrogen-bond donors (Lipinski definition) is 1. The highest BCUT2D eigenvalue weighted by molar-refractivity contribution is 5.86. The highest BCUT2D eigenvalue weighted by atomic mass is 16.5. The molecule has 2 rings (SSSR count). The Morgan fingerprint density at radius 2 is 1.96 bits per heavy atom. The first-order valence-electron chi connectivity index (χ1n) is 8.00. The smallest absolute Gasteiger partial charge is 0.408 e. The number of alkyl carbamates (subject to hydrolysis) is 1. The summed E-state index contributed by atoms with van der Waals surface area (Å²) in [5.74, 6) is -0.223. The Balaban J connectivity index is 1.92. The van der Waals surface area contributed by atoms with Gasteiger partial charge in [0.1, 0.15) is 12.6 Å². The summed E-state index contributed by atoms with van der Waals surface area (Å²) in [7, 11) is 0. The van der Waals surface area contributed by atoms with Crippen LogP contribution in [0.15, 0.2) is 43.0 Å². The molecule has 1 fully saturated rings. The number of carbonyl (C=O) groups excluding carboxylic acids is 2. The Morgan fingerprint density at radius 1 is 1.30 bits per heavy atom. The summed E-state index contributed by atoms with van der Waals surface area (Å²) in [6, 6.07) is 8.81. The summed E-state index contributed by atoms with van der Waals surface area (Å²) < 4.78 is 5.21. The van der Waals surface area contributed by atoms with Crippen LogP contribution in [0.1, 0.15) is 25.3 Å². The van der Waals surface area contributed by atoms with Crippen LogP contribution < -0.4 is 5.32 Å². The van der Waals surface area contributed by atoms with Gasteiger partial charge in [-0.05, 0) is 18.4 Å². The molecule has 0 saturated carbocycles. The van der Waals surface area contributed by atoms with Gasteiger partial charge in [0.15, 0.2) is 0 Å². The maximum Gasteiger partial charge on any atom is 0.408 e. The Kier molecular flexibility index (Phi) is 6.20. The molecule has 0 spiro atoms. The van der Waals surface area contributed by atoms with Gasteiger partial charge in [-0.15, -0.1) is 6.58 Å². The minimum absolute atomic E-state index is 0.0634. The van der Waals surface area contributed by atoms with Crippen molar-refractivity contribution in [2.24, 2.45) is 5.92 Å². The van der Waals surface area contributed by atoms with E-state index in [1.165, 1.54) is 0 Å². The van der Waals surface area contributed by atoms with Gasteiger partial charge in [0.25, 0.3) is 0 Å². The second-order valence-electron chi connectivity index (χ2n) is 5.81. The van der Waals surface area contributed by atoms with Crippen LogP contribution in [0, 0.1) is 5.92 Å². The average Bonchev–Trinajstić information content (AvgIpc) is 3.12. The Bertz CT molecular complexity index is 538. The minimum atomic E-state index is -0.631. The molecule has 1 aromatic rings. The van der Waals surface area contributed by atoms with Crippen molar-refractivity contribution in [3.63, 3.8) is 0 Å². The first kappa shape index (κ1) is 17.1. The van der Waals surface area contributed by atoms with Gasteiger partial charge in [-0.3, -0.25) is 4.79 Å². The fourth-order valence-electron chi connectivity index (χ4n) is 2.58. The van der Waals surface area contributed by atoms with Gasteiger partial charge in [0, 0.05) is 19.0 Å². The third-order valence-electron chi connectivity index (χ3n) is 4.07. The van der Waals surface area contributed by atoms with E-state index in [4.69, 9.17) is 4.74 Å². The summed E-state index contributed by atoms with van der Waals surface area (Å²) in [4.78, 5) is 26.4. The quantitative estimate of drug-likeness (QED) is 0.821. The molecule has 1 aromatic carbocycles. The van der Waals surface area contributed by atoms with Crippen LogP contribution in [-0.2, 0) is 16.1 Å². The van der Waals surface area contributed by atoms with Gasteiger partial charge < -0.3 is 15.0 Å². The predicted octanol–water partition coefficient (Wildman–Crippen LogP) is 2.73. The topological polar surface area (TPSA) is 58.6 Å². The lowest BCUT2D eigenvalue weighted by atomic mass is 10.0. The van der Waals surface area contributed by atoms with E-state index in [0.29, 0.717) is 0 Å². The minimum Gasteiger partial charge on any atom is -0.445 e. The summed E-state index contributed by atoms with van der Waals surface area (Å²) >= 11 is 0. The van der Waals surface area contributed by atoms with E-state index < -0.39 is 12.1 Å². The summed E-state index contributed by atoms with van der Waals surface area (Å²) in [5.41, 5.74) is 0.904. The van der Waals surface area contributed by atoms with Crippen molar-refractivity contribution >= 4 is 12.0 Å². The lowest BCUT2D eigenvalue weighted by Gasteiger charge is -2.26. The predicted molar refractivity (Wildman–Crippen MR) is 88.7 cm³/mol. The van der Waals surface area contributed by atoms with E-state index in [0.717, 1.165) is 31.5 Å². The average molecular weight is 316 g/mol. The van der Waals surface area contributed by atoms with Crippen molar-refractivity contribution in [1.29, 1.82) is 0 Å². The van der Waals surface area contributed by atoms with Crippen LogP contribution in [0.2, 0.25) is 0 Å². The van der Waals surface area contributed by atoms with Crippen LogP contribution in [0.5, 0.6) is 0 Å². The Labute approximate surface area is 137 Å². The highest BCUT2D eigenvalue weighted by Gasteiger charge is 2.31. The molecule has 0 bridgehead atoms. The van der Waals surface area contributed by atoms with Gasteiger partial charge in [-0.25, -0.2) is 4.79 Å². The monoisotopic (exact) mass is 316 g/mol. The number of likely N-dealkylation sites (tertiary alicyclic amines) is 1. The molecule has 2 amide bonds. The van der Waals surface area contributed by atoms with E-state index in [1.54, 1.807) is 11.0 Å². The van der Waals surface area contributed by atoms with Gasteiger partial charge >= 0.3 is 6.09 Å². The lowest BCUT2D eigenvalue weighted by Crippen LogP contribution is -2.50. The molecule has 1 aliphatic rings. The lowest BCUT2D eigenvalue weighted by molar-refractivity contribution is -0.133. The molecule has 0 aliphatic carbocycles. The Hall–Kier alpha value is -2.30. The first-order chi connectivity index (χ1) is 11.1. The molecular formula is C18H24N2O3. The number of ether oxygens (including phenoxy) is 1. The molecular weight excluding hydrogens is 292 g/mol. The summed E-state index contributed by atoms with van der Waals surface area (Å²) in [6.07, 6.45) is 3.12. The molecule has 0 unspecified atom stereocenters. The van der Waals surface area contributed by atoms with Crippen molar-refractivity contribution < 1.29 is 14.3 Å². The number of amides is 2. The fraction of sp³-hybridized carbons (Fsp3) is 0.444. The van der Waals surface area contributed by atoms with Gasteiger partial charge in [-0.2, -0.15) is 0 Å². The number of hydrogen-bond acceptors (Lipinski definition) is 3. The van der Waals surface area contributed by atoms with Crippen molar-refractivity contribution in [2.45, 2.75) is 32.4 Å². The van der Waals surface area contributed by atoms with Crippen LogP contribution in [-0.4, -0.2) is 36.0 Å². The maximum absolute atomic E-state index is 12.6. The SMILES string of the molecule is C=C[C@@H](C)[C@H](NC(=O)OCc1ccccc1)C(=O)N1CCCC1. The molecule has 5 nitrogen and oxygen atoms in total. The molecule has 23 heavy (non-hydrogen) atoms. The molecule has 2 atom stereocenters. The van der Waals surface area contributed by atoms with Crippen molar-refractivity contribution in [2.75, 3.05) is 13.1 Å². The maximum atomic E-state index is 12.6. The largest absolute Gasteiger partial charge is 0.445 e. The molecule has 1 N–H and O–H groups in total. The molecule has 0 radical (unpaired) electrons. The number of carbonyl (C=O) groups is 2. The van der Waals surface area contributed by atoms with E-state index in [-0.39, 0.29) is 18.4 Å². The number of rotatable bonds is 6. The van der Waals surface area contributed by atoms with E-state index in [9.17, 15) is 9.59 Å². The number of nitrogens with zero attached hydrogens (tertiary/aromatic N) is 1. The van der Waals surface area contributed by atoms with Crippen molar-refractivity contribution in [3.8, 4) is 0 Å². The van der Waals surface area contributed by atoms with E-state index >= 15 is 0 Å². The normalized spacial score (nSPS) is 16.5. The second-order valence-corrected chi connectivity index (χ2v) is 5.81. The van der Waals surface area contributed by atoms with Crippen molar-refractivity contribution in [1.82, 2.24) is 10.2 Å².